The molecule has 0 atom stereocenters. The summed E-state index contributed by atoms with van der Waals surface area (Å²) in [5.74, 6) is 2.21. The zero-order valence-electron chi connectivity index (χ0n) is 25.4. The first-order valence-corrected chi connectivity index (χ1v) is 15.6. The molecule has 2 nitrogen and oxygen atoms in total. The summed E-state index contributed by atoms with van der Waals surface area (Å²) < 4.78 is 0. The lowest BCUT2D eigenvalue weighted by Crippen LogP contribution is -2.17. The first-order valence-electron chi connectivity index (χ1n) is 15.6. The van der Waals surface area contributed by atoms with Crippen molar-refractivity contribution in [3.05, 3.63) is 57.6 Å². The summed E-state index contributed by atoms with van der Waals surface area (Å²) in [7, 11) is 0. The molecule has 2 N–H and O–H groups in total. The predicted molar refractivity (Wildman–Crippen MR) is 162 cm³/mol. The van der Waals surface area contributed by atoms with Gasteiger partial charge in [-0.1, -0.05) is 137 Å². The SMILES string of the molecule is CC(c1cc(CC2CCCCC2)cc(C(C)(C)C)c1O)c1cc(CC2CCCCC2)cc(C(C)(C)C)c1O. The summed E-state index contributed by atoms with van der Waals surface area (Å²) in [4.78, 5) is 0. The zero-order valence-corrected chi connectivity index (χ0v) is 25.4. The average Bonchev–Trinajstić information content (AvgIpc) is 2.85. The summed E-state index contributed by atoms with van der Waals surface area (Å²) in [6.45, 7) is 15.4. The summed E-state index contributed by atoms with van der Waals surface area (Å²) in [5, 5.41) is 23.3. The predicted octanol–water partition coefficient (Wildman–Crippen LogP) is 10.1. The highest BCUT2D eigenvalue weighted by molar-refractivity contribution is 5.56. The molecular formula is C36H54O2. The zero-order chi connectivity index (χ0) is 27.7. The van der Waals surface area contributed by atoms with Crippen molar-refractivity contribution >= 4 is 0 Å². The molecule has 2 fully saturated rings. The van der Waals surface area contributed by atoms with Gasteiger partial charge in [0.2, 0.25) is 0 Å². The highest BCUT2D eigenvalue weighted by Gasteiger charge is 2.29. The Hall–Kier alpha value is -1.96. The third-order valence-corrected chi connectivity index (χ3v) is 9.45. The Bertz CT molecular complexity index is 998. The number of rotatable bonds is 6. The molecule has 2 heteroatoms. The summed E-state index contributed by atoms with van der Waals surface area (Å²) in [6, 6.07) is 9.04. The van der Waals surface area contributed by atoms with Crippen LogP contribution in [0.15, 0.2) is 24.3 Å². The molecule has 0 bridgehead atoms. The van der Waals surface area contributed by atoms with Crippen molar-refractivity contribution in [1.29, 1.82) is 0 Å². The normalized spacial score (nSPS) is 18.3. The van der Waals surface area contributed by atoms with E-state index in [-0.39, 0.29) is 16.7 Å². The molecule has 0 heterocycles. The van der Waals surface area contributed by atoms with Gasteiger partial charge in [-0.3, -0.25) is 0 Å². The molecule has 0 saturated heterocycles. The topological polar surface area (TPSA) is 40.5 Å². The van der Waals surface area contributed by atoms with Crippen LogP contribution in [0.1, 0.15) is 152 Å². The highest BCUT2D eigenvalue weighted by atomic mass is 16.3. The van der Waals surface area contributed by atoms with Gasteiger partial charge in [-0.05, 0) is 57.8 Å². The molecule has 0 amide bonds. The van der Waals surface area contributed by atoms with Gasteiger partial charge in [0, 0.05) is 17.0 Å². The van der Waals surface area contributed by atoms with Crippen LogP contribution in [0.3, 0.4) is 0 Å². The molecule has 2 aliphatic carbocycles. The number of phenols is 2. The number of phenolic OH excluding ortho intramolecular Hbond substituents is 2. The first kappa shape index (κ1) is 29.0. The van der Waals surface area contributed by atoms with Crippen molar-refractivity contribution < 1.29 is 10.2 Å². The monoisotopic (exact) mass is 518 g/mol. The number of hydrogen-bond donors (Lipinski definition) is 2. The van der Waals surface area contributed by atoms with Crippen LogP contribution in [0.5, 0.6) is 11.5 Å². The molecule has 0 radical (unpaired) electrons. The lowest BCUT2D eigenvalue weighted by atomic mass is 9.76. The van der Waals surface area contributed by atoms with E-state index in [1.54, 1.807) is 0 Å². The van der Waals surface area contributed by atoms with E-state index in [2.05, 4.69) is 72.7 Å². The van der Waals surface area contributed by atoms with Crippen LogP contribution < -0.4 is 0 Å². The minimum atomic E-state index is -0.150. The fourth-order valence-electron chi connectivity index (χ4n) is 7.09. The van der Waals surface area contributed by atoms with Crippen LogP contribution in [0.4, 0.5) is 0 Å². The van der Waals surface area contributed by atoms with Gasteiger partial charge in [0.25, 0.3) is 0 Å². The second-order valence-corrected chi connectivity index (χ2v) is 14.8. The minimum absolute atomic E-state index is 0.0881. The van der Waals surface area contributed by atoms with Gasteiger partial charge in [-0.15, -0.1) is 0 Å². The van der Waals surface area contributed by atoms with Crippen LogP contribution in [0.25, 0.3) is 0 Å². The van der Waals surface area contributed by atoms with Gasteiger partial charge in [-0.2, -0.15) is 0 Å². The van der Waals surface area contributed by atoms with Crippen LogP contribution in [0, 0.1) is 11.8 Å². The van der Waals surface area contributed by atoms with Gasteiger partial charge in [0.15, 0.2) is 0 Å². The Morgan fingerprint density at radius 2 is 0.947 bits per heavy atom. The molecule has 2 aliphatic rings. The summed E-state index contributed by atoms with van der Waals surface area (Å²) in [6.07, 6.45) is 15.5. The van der Waals surface area contributed by atoms with E-state index in [4.69, 9.17) is 0 Å². The second kappa shape index (κ2) is 11.6. The number of hydrogen-bond acceptors (Lipinski definition) is 2. The van der Waals surface area contributed by atoms with Crippen molar-refractivity contribution in [2.24, 2.45) is 11.8 Å². The van der Waals surface area contributed by atoms with Crippen molar-refractivity contribution in [3.63, 3.8) is 0 Å². The Kier molecular flexibility index (Phi) is 8.90. The molecule has 0 aromatic heterocycles. The van der Waals surface area contributed by atoms with E-state index >= 15 is 0 Å². The average molecular weight is 519 g/mol. The minimum Gasteiger partial charge on any atom is -0.507 e. The summed E-state index contributed by atoms with van der Waals surface area (Å²) >= 11 is 0. The van der Waals surface area contributed by atoms with E-state index in [9.17, 15) is 10.2 Å². The maximum absolute atomic E-state index is 11.7. The van der Waals surface area contributed by atoms with Crippen molar-refractivity contribution in [2.45, 2.75) is 142 Å². The maximum atomic E-state index is 11.7. The van der Waals surface area contributed by atoms with Crippen LogP contribution in [-0.4, -0.2) is 10.2 Å². The second-order valence-electron chi connectivity index (χ2n) is 14.8. The quantitative estimate of drug-likeness (QED) is 0.399. The fourth-order valence-corrected chi connectivity index (χ4v) is 7.09. The highest BCUT2D eigenvalue weighted by Crippen LogP contribution is 2.45. The molecule has 38 heavy (non-hydrogen) atoms. The van der Waals surface area contributed by atoms with Gasteiger partial charge >= 0.3 is 0 Å². The Morgan fingerprint density at radius 1 is 0.605 bits per heavy atom. The molecule has 0 aliphatic heterocycles. The van der Waals surface area contributed by atoms with Gasteiger partial charge in [-0.25, -0.2) is 0 Å². The Balaban J connectivity index is 1.78. The van der Waals surface area contributed by atoms with E-state index in [0.717, 1.165) is 46.9 Å². The van der Waals surface area contributed by atoms with Crippen molar-refractivity contribution in [1.82, 2.24) is 0 Å². The lowest BCUT2D eigenvalue weighted by Gasteiger charge is -2.29. The smallest absolute Gasteiger partial charge is 0.123 e. The van der Waals surface area contributed by atoms with E-state index < -0.39 is 0 Å². The summed E-state index contributed by atoms with van der Waals surface area (Å²) in [5.41, 5.74) is 6.38. The number of benzene rings is 2. The molecule has 2 saturated carbocycles. The van der Waals surface area contributed by atoms with E-state index in [0.29, 0.717) is 11.5 Å². The third-order valence-electron chi connectivity index (χ3n) is 9.45. The van der Waals surface area contributed by atoms with E-state index in [1.807, 2.05) is 0 Å². The molecule has 0 spiro atoms. The standard InChI is InChI=1S/C36H54O2/c1-24(29-20-27(18-25-14-10-8-11-15-25)22-31(33(29)37)35(2,3)4)30-21-28(19-26-16-12-9-13-17-26)23-32(34(30)38)36(5,6)7/h20-26,37-38H,8-19H2,1-7H3. The third kappa shape index (κ3) is 6.78. The Morgan fingerprint density at radius 3 is 1.26 bits per heavy atom. The number of aromatic hydroxyl groups is 2. The van der Waals surface area contributed by atoms with Gasteiger partial charge < -0.3 is 10.2 Å². The van der Waals surface area contributed by atoms with Crippen LogP contribution in [0.2, 0.25) is 0 Å². The van der Waals surface area contributed by atoms with Gasteiger partial charge in [0.05, 0.1) is 0 Å². The maximum Gasteiger partial charge on any atom is 0.123 e. The lowest BCUT2D eigenvalue weighted by molar-refractivity contribution is 0.355. The Labute approximate surface area is 233 Å². The van der Waals surface area contributed by atoms with Crippen molar-refractivity contribution in [2.75, 3.05) is 0 Å². The van der Waals surface area contributed by atoms with Crippen LogP contribution >= 0.6 is 0 Å². The van der Waals surface area contributed by atoms with Crippen LogP contribution in [-0.2, 0) is 23.7 Å². The molecule has 2 aromatic carbocycles. The molecule has 210 valence electrons. The molecule has 0 unspecified atom stereocenters. The fraction of sp³-hybridized carbons (Fsp3) is 0.667. The van der Waals surface area contributed by atoms with Gasteiger partial charge in [0.1, 0.15) is 11.5 Å². The molecule has 2 aromatic rings. The van der Waals surface area contributed by atoms with Crippen molar-refractivity contribution in [3.8, 4) is 11.5 Å². The first-order chi connectivity index (χ1) is 17.8. The largest absolute Gasteiger partial charge is 0.507 e. The van der Waals surface area contributed by atoms with E-state index in [1.165, 1.54) is 75.3 Å². The molecule has 4 rings (SSSR count). The molecular weight excluding hydrogens is 464 g/mol.